The van der Waals surface area contributed by atoms with E-state index in [1.807, 2.05) is 6.07 Å². The zero-order chi connectivity index (χ0) is 22.7. The third-order valence-corrected chi connectivity index (χ3v) is 5.97. The van der Waals surface area contributed by atoms with E-state index in [1.54, 1.807) is 62.2 Å². The van der Waals surface area contributed by atoms with Crippen LogP contribution in [0.5, 0.6) is 11.5 Å². The number of methoxy groups -OCH3 is 2. The zero-order valence-corrected chi connectivity index (χ0v) is 19.4. The van der Waals surface area contributed by atoms with E-state index < -0.39 is 5.63 Å². The molecule has 0 fully saturated rings. The molecule has 0 radical (unpaired) electrons. The van der Waals surface area contributed by atoms with Gasteiger partial charge in [0.15, 0.2) is 0 Å². The fourth-order valence-electron chi connectivity index (χ4n) is 3.00. The Morgan fingerprint density at radius 3 is 2.81 bits per heavy atom. The van der Waals surface area contributed by atoms with Crippen LogP contribution in [0.2, 0.25) is 0 Å². The number of benzene rings is 2. The van der Waals surface area contributed by atoms with Crippen LogP contribution in [0.15, 0.2) is 67.7 Å². The molecule has 0 spiro atoms. The van der Waals surface area contributed by atoms with Gasteiger partial charge in [-0.05, 0) is 36.4 Å². The highest BCUT2D eigenvalue weighted by Gasteiger charge is 2.14. The number of nitriles is 1. The predicted molar refractivity (Wildman–Crippen MR) is 128 cm³/mol. The lowest BCUT2D eigenvalue weighted by Crippen LogP contribution is -2.03. The second kappa shape index (κ2) is 9.26. The predicted octanol–water partition coefficient (Wildman–Crippen LogP) is 5.67. The van der Waals surface area contributed by atoms with E-state index in [-0.39, 0.29) is 0 Å². The quantitative estimate of drug-likeness (QED) is 0.264. The van der Waals surface area contributed by atoms with E-state index in [4.69, 9.17) is 13.9 Å². The van der Waals surface area contributed by atoms with Gasteiger partial charge < -0.3 is 19.2 Å². The molecule has 0 atom stereocenters. The molecule has 0 bridgehead atoms. The van der Waals surface area contributed by atoms with Gasteiger partial charge in [0.25, 0.3) is 0 Å². The molecule has 0 aliphatic heterocycles. The lowest BCUT2D eigenvalue weighted by Gasteiger charge is -2.10. The van der Waals surface area contributed by atoms with Crippen molar-refractivity contribution in [2.45, 2.75) is 0 Å². The minimum absolute atomic E-state index is 0.312. The molecule has 2 heterocycles. The normalized spacial score (nSPS) is 11.2. The van der Waals surface area contributed by atoms with Crippen molar-refractivity contribution in [1.82, 2.24) is 4.98 Å². The first kappa shape index (κ1) is 21.6. The van der Waals surface area contributed by atoms with Gasteiger partial charge in [0.2, 0.25) is 0 Å². The average molecular weight is 510 g/mol. The third-order valence-electron chi connectivity index (χ3n) is 4.61. The average Bonchev–Trinajstić information content (AvgIpc) is 3.29. The van der Waals surface area contributed by atoms with Gasteiger partial charge >= 0.3 is 5.63 Å². The minimum atomic E-state index is -0.486. The van der Waals surface area contributed by atoms with Gasteiger partial charge in [-0.25, -0.2) is 9.78 Å². The number of allylic oxidation sites excluding steroid dienone is 1. The molecule has 0 amide bonds. The van der Waals surface area contributed by atoms with Crippen LogP contribution in [-0.2, 0) is 0 Å². The van der Waals surface area contributed by atoms with Crippen LogP contribution in [-0.4, -0.2) is 19.2 Å². The van der Waals surface area contributed by atoms with Gasteiger partial charge in [-0.1, -0.05) is 15.9 Å². The summed E-state index contributed by atoms with van der Waals surface area (Å²) < 4.78 is 16.9. The number of thiazole rings is 1. The van der Waals surface area contributed by atoms with E-state index in [1.165, 1.54) is 11.3 Å². The monoisotopic (exact) mass is 509 g/mol. The van der Waals surface area contributed by atoms with Crippen molar-refractivity contribution in [3.05, 3.63) is 73.9 Å². The van der Waals surface area contributed by atoms with Gasteiger partial charge in [0.1, 0.15) is 33.7 Å². The summed E-state index contributed by atoms with van der Waals surface area (Å²) in [6.45, 7) is 0. The van der Waals surface area contributed by atoms with E-state index in [0.717, 1.165) is 9.86 Å². The van der Waals surface area contributed by atoms with Gasteiger partial charge in [-0.15, -0.1) is 11.3 Å². The summed E-state index contributed by atoms with van der Waals surface area (Å²) in [5, 5.41) is 15.7. The highest BCUT2D eigenvalue weighted by Crippen LogP contribution is 2.31. The zero-order valence-electron chi connectivity index (χ0n) is 17.0. The Balaban J connectivity index is 1.65. The largest absolute Gasteiger partial charge is 0.497 e. The molecule has 1 N–H and O–H groups in total. The summed E-state index contributed by atoms with van der Waals surface area (Å²) in [5.41, 5.74) is 1.77. The van der Waals surface area contributed by atoms with Gasteiger partial charge in [-0.3, -0.25) is 0 Å². The Kier molecular flexibility index (Phi) is 6.25. The van der Waals surface area contributed by atoms with Crippen LogP contribution in [0.4, 0.5) is 5.69 Å². The maximum Gasteiger partial charge on any atom is 0.345 e. The molecule has 7 nitrogen and oxygen atoms in total. The van der Waals surface area contributed by atoms with E-state index >= 15 is 0 Å². The number of nitrogens with one attached hydrogen (secondary N) is 1. The molecule has 4 rings (SSSR count). The van der Waals surface area contributed by atoms with Gasteiger partial charge in [0.05, 0.1) is 31.2 Å². The summed E-state index contributed by atoms with van der Waals surface area (Å²) in [7, 11) is 3.13. The molecule has 160 valence electrons. The summed E-state index contributed by atoms with van der Waals surface area (Å²) in [6.07, 6.45) is 1.55. The summed E-state index contributed by atoms with van der Waals surface area (Å²) in [4.78, 5) is 17.0. The lowest BCUT2D eigenvalue weighted by atomic mass is 10.1. The smallest absolute Gasteiger partial charge is 0.345 e. The summed E-state index contributed by atoms with van der Waals surface area (Å²) in [5.74, 6) is 1.22. The number of ether oxygens (including phenoxy) is 2. The van der Waals surface area contributed by atoms with Crippen molar-refractivity contribution in [2.75, 3.05) is 19.5 Å². The van der Waals surface area contributed by atoms with Crippen molar-refractivity contribution in [1.29, 1.82) is 5.26 Å². The first-order valence-electron chi connectivity index (χ1n) is 9.31. The second-order valence-electron chi connectivity index (χ2n) is 6.55. The van der Waals surface area contributed by atoms with Crippen LogP contribution in [0.1, 0.15) is 5.01 Å². The van der Waals surface area contributed by atoms with Gasteiger partial charge in [-0.2, -0.15) is 5.26 Å². The van der Waals surface area contributed by atoms with E-state index in [2.05, 4.69) is 32.3 Å². The Morgan fingerprint density at radius 2 is 2.06 bits per heavy atom. The first-order chi connectivity index (χ1) is 15.5. The van der Waals surface area contributed by atoms with Crippen LogP contribution in [0.25, 0.3) is 27.8 Å². The van der Waals surface area contributed by atoms with Crippen LogP contribution in [0.3, 0.4) is 0 Å². The summed E-state index contributed by atoms with van der Waals surface area (Å²) in [6, 6.07) is 14.6. The molecule has 2 aromatic carbocycles. The Hall–Kier alpha value is -3.61. The number of hydrogen-bond acceptors (Lipinski definition) is 8. The first-order valence-corrected chi connectivity index (χ1v) is 11.0. The lowest BCUT2D eigenvalue weighted by molar-refractivity contribution is 0.395. The molecule has 32 heavy (non-hydrogen) atoms. The minimum Gasteiger partial charge on any atom is -0.497 e. The molecule has 4 aromatic rings. The number of halogens is 1. The molecular formula is C23H16BrN3O4S. The number of hydrogen-bond donors (Lipinski definition) is 1. The highest BCUT2D eigenvalue weighted by atomic mass is 79.9. The molecule has 0 aliphatic rings. The van der Waals surface area contributed by atoms with Crippen LogP contribution in [0, 0.1) is 11.3 Å². The molecular weight excluding hydrogens is 494 g/mol. The molecule has 0 aliphatic carbocycles. The number of aromatic nitrogens is 1. The number of rotatable bonds is 6. The molecule has 0 unspecified atom stereocenters. The molecule has 0 saturated carbocycles. The van der Waals surface area contributed by atoms with Crippen LogP contribution >= 0.6 is 27.3 Å². The fourth-order valence-corrected chi connectivity index (χ4v) is 4.17. The van der Waals surface area contributed by atoms with Crippen molar-refractivity contribution in [3.63, 3.8) is 0 Å². The van der Waals surface area contributed by atoms with E-state index in [9.17, 15) is 10.1 Å². The maximum atomic E-state index is 12.5. The Bertz CT molecular complexity index is 1440. The SMILES string of the molecule is COc1ccc(NC=C(C#N)c2nc(-c3cc4cc(Br)ccc4oc3=O)cs2)c(OC)c1. The number of fused-ring (bicyclic) bond motifs is 1. The maximum absolute atomic E-state index is 12.5. The molecule has 9 heteroatoms. The highest BCUT2D eigenvalue weighted by molar-refractivity contribution is 9.10. The standard InChI is InChI=1S/C23H16BrN3O4S/c1-29-16-4-5-18(21(9-16)30-2)26-11-14(10-25)22-27-19(12-32-22)17-8-13-7-15(24)3-6-20(13)31-23(17)28/h3-9,11-12,26H,1-2H3. The number of anilines is 1. The van der Waals surface area contributed by atoms with Crippen molar-refractivity contribution in [2.24, 2.45) is 0 Å². The van der Waals surface area contributed by atoms with Crippen LogP contribution < -0.4 is 20.4 Å². The van der Waals surface area contributed by atoms with E-state index in [0.29, 0.717) is 44.6 Å². The number of nitrogens with zero attached hydrogens (tertiary/aromatic N) is 2. The topological polar surface area (TPSA) is 97.4 Å². The fraction of sp³-hybridized carbons (Fsp3) is 0.0870. The summed E-state index contributed by atoms with van der Waals surface area (Å²) >= 11 is 4.68. The van der Waals surface area contributed by atoms with Crippen molar-refractivity contribution >= 4 is 49.5 Å². The second-order valence-corrected chi connectivity index (χ2v) is 8.32. The molecule has 2 aromatic heterocycles. The van der Waals surface area contributed by atoms with Gasteiger partial charge in [0, 0.05) is 27.5 Å². The Labute approximate surface area is 195 Å². The third kappa shape index (κ3) is 4.37. The van der Waals surface area contributed by atoms with Crippen molar-refractivity contribution < 1.29 is 13.9 Å². The van der Waals surface area contributed by atoms with Crippen molar-refractivity contribution in [3.8, 4) is 28.8 Å². The molecule has 0 saturated heterocycles. The Morgan fingerprint density at radius 1 is 1.22 bits per heavy atom.